The van der Waals surface area contributed by atoms with E-state index in [-0.39, 0.29) is 16.8 Å². The van der Waals surface area contributed by atoms with Crippen LogP contribution in [0.4, 0.5) is 10.8 Å². The Morgan fingerprint density at radius 3 is 2.49 bits per heavy atom. The molecule has 0 spiro atoms. The number of carbonyl (C=O) groups excluding carboxylic acids is 1. The molecule has 1 N–H and O–H groups in total. The Labute approximate surface area is 210 Å². The normalized spacial score (nSPS) is 20.3. The van der Waals surface area contributed by atoms with Crippen LogP contribution in [0.1, 0.15) is 36.5 Å². The molecule has 1 amide bonds. The zero-order valence-electron chi connectivity index (χ0n) is 20.1. The summed E-state index contributed by atoms with van der Waals surface area (Å²) in [7, 11) is -1.43. The second-order valence-corrected chi connectivity index (χ2v) is 12.3. The fourth-order valence-electron chi connectivity index (χ4n) is 4.67. The van der Waals surface area contributed by atoms with Gasteiger partial charge in [-0.2, -0.15) is 4.31 Å². The van der Waals surface area contributed by atoms with Crippen molar-refractivity contribution in [3.63, 3.8) is 0 Å². The largest absolute Gasteiger partial charge is 0.345 e. The van der Waals surface area contributed by atoms with E-state index < -0.39 is 10.0 Å². The van der Waals surface area contributed by atoms with Crippen molar-refractivity contribution in [1.29, 1.82) is 0 Å². The van der Waals surface area contributed by atoms with E-state index in [0.29, 0.717) is 17.8 Å². The van der Waals surface area contributed by atoms with Crippen molar-refractivity contribution in [1.82, 2.24) is 14.2 Å². The Hall–Kier alpha value is -2.53. The fourth-order valence-corrected chi connectivity index (χ4v) is 7.42. The van der Waals surface area contributed by atoms with Crippen LogP contribution in [0.3, 0.4) is 0 Å². The third-order valence-corrected chi connectivity index (χ3v) is 9.98. The first-order valence-corrected chi connectivity index (χ1v) is 14.3. The first-order valence-electron chi connectivity index (χ1n) is 12.1. The second kappa shape index (κ2) is 9.85. The zero-order chi connectivity index (χ0) is 24.6. The maximum atomic E-state index is 13.0. The number of sulfonamides is 1. The molecule has 2 aromatic carbocycles. The Kier molecular flexibility index (Phi) is 6.80. The Balaban J connectivity index is 1.28. The molecule has 5 rings (SSSR count). The summed E-state index contributed by atoms with van der Waals surface area (Å²) in [6.45, 7) is 6.46. The zero-order valence-corrected chi connectivity index (χ0v) is 21.7. The minimum atomic E-state index is -3.56. The monoisotopic (exact) mass is 513 g/mol. The molecule has 1 aromatic heterocycles. The predicted molar refractivity (Wildman–Crippen MR) is 141 cm³/mol. The number of nitrogens with one attached hydrogen (secondary N) is 1. The number of piperazine rings is 1. The maximum Gasteiger partial charge on any atom is 0.255 e. The van der Waals surface area contributed by atoms with Crippen molar-refractivity contribution in [2.75, 3.05) is 50.0 Å². The molecule has 186 valence electrons. The SMILES string of the molecule is CC1CCCCN1S(=O)(=O)c1ccc(C(=O)Nc2ccc3nc(N4CCN(C)CC4)sc3c2)cc1. The lowest BCUT2D eigenvalue weighted by Crippen LogP contribution is -2.44. The number of aromatic nitrogens is 1. The van der Waals surface area contributed by atoms with Crippen LogP contribution in [0.15, 0.2) is 47.4 Å². The van der Waals surface area contributed by atoms with Gasteiger partial charge < -0.3 is 15.1 Å². The summed E-state index contributed by atoms with van der Waals surface area (Å²) in [5.74, 6) is -0.275. The molecule has 1 atom stereocenters. The first-order chi connectivity index (χ1) is 16.8. The van der Waals surface area contributed by atoms with Gasteiger partial charge in [-0.1, -0.05) is 17.8 Å². The van der Waals surface area contributed by atoms with E-state index in [2.05, 4.69) is 22.2 Å². The van der Waals surface area contributed by atoms with Crippen LogP contribution >= 0.6 is 11.3 Å². The molecule has 2 fully saturated rings. The van der Waals surface area contributed by atoms with Crippen molar-refractivity contribution in [3.8, 4) is 0 Å². The summed E-state index contributed by atoms with van der Waals surface area (Å²) in [6, 6.07) is 11.9. The number of hydrogen-bond donors (Lipinski definition) is 1. The lowest BCUT2D eigenvalue weighted by atomic mass is 10.1. The highest BCUT2D eigenvalue weighted by Crippen LogP contribution is 2.31. The molecule has 0 aliphatic carbocycles. The number of carbonyl (C=O) groups is 1. The Morgan fingerprint density at radius 2 is 1.77 bits per heavy atom. The molecule has 10 heteroatoms. The second-order valence-electron chi connectivity index (χ2n) is 9.41. The molecule has 35 heavy (non-hydrogen) atoms. The summed E-state index contributed by atoms with van der Waals surface area (Å²) in [6.07, 6.45) is 2.81. The topological polar surface area (TPSA) is 85.8 Å². The fraction of sp³-hybridized carbons (Fsp3) is 0.440. The Bertz CT molecular complexity index is 1310. The van der Waals surface area contributed by atoms with E-state index in [4.69, 9.17) is 4.98 Å². The highest BCUT2D eigenvalue weighted by Gasteiger charge is 2.31. The van der Waals surface area contributed by atoms with Gasteiger partial charge in [0.1, 0.15) is 0 Å². The average molecular weight is 514 g/mol. The van der Waals surface area contributed by atoms with Crippen LogP contribution in [0.25, 0.3) is 10.2 Å². The number of likely N-dealkylation sites (N-methyl/N-ethyl adjacent to an activating group) is 1. The van der Waals surface area contributed by atoms with Gasteiger partial charge in [0.05, 0.1) is 15.1 Å². The van der Waals surface area contributed by atoms with E-state index >= 15 is 0 Å². The number of piperidine rings is 1. The minimum Gasteiger partial charge on any atom is -0.345 e. The number of hydrogen-bond acceptors (Lipinski definition) is 7. The number of thiazole rings is 1. The van der Waals surface area contributed by atoms with Gasteiger partial charge >= 0.3 is 0 Å². The van der Waals surface area contributed by atoms with E-state index in [1.807, 2.05) is 25.1 Å². The number of amides is 1. The molecular formula is C25H31N5O3S2. The summed E-state index contributed by atoms with van der Waals surface area (Å²) in [4.78, 5) is 22.5. The van der Waals surface area contributed by atoms with Crippen LogP contribution in [-0.2, 0) is 10.0 Å². The van der Waals surface area contributed by atoms with Crippen molar-refractivity contribution in [3.05, 3.63) is 48.0 Å². The molecule has 0 saturated carbocycles. The molecule has 0 bridgehead atoms. The number of fused-ring (bicyclic) bond motifs is 1. The highest BCUT2D eigenvalue weighted by molar-refractivity contribution is 7.89. The van der Waals surface area contributed by atoms with Crippen molar-refractivity contribution in [2.45, 2.75) is 37.1 Å². The van der Waals surface area contributed by atoms with Crippen LogP contribution in [0.2, 0.25) is 0 Å². The van der Waals surface area contributed by atoms with Gasteiger partial charge in [-0.25, -0.2) is 13.4 Å². The minimum absolute atomic E-state index is 0.00449. The quantitative estimate of drug-likeness (QED) is 0.558. The van der Waals surface area contributed by atoms with Gasteiger partial charge in [-0.3, -0.25) is 4.79 Å². The molecule has 8 nitrogen and oxygen atoms in total. The molecule has 2 aliphatic heterocycles. The average Bonchev–Trinajstić information content (AvgIpc) is 3.28. The summed E-state index contributed by atoms with van der Waals surface area (Å²) >= 11 is 1.63. The van der Waals surface area contributed by atoms with Gasteiger partial charge in [0.15, 0.2) is 5.13 Å². The van der Waals surface area contributed by atoms with Crippen molar-refractivity contribution >= 4 is 48.3 Å². The van der Waals surface area contributed by atoms with Gasteiger partial charge in [-0.15, -0.1) is 0 Å². The number of benzene rings is 2. The summed E-state index contributed by atoms with van der Waals surface area (Å²) in [5.41, 5.74) is 2.02. The maximum absolute atomic E-state index is 13.0. The summed E-state index contributed by atoms with van der Waals surface area (Å²) < 4.78 is 28.7. The smallest absolute Gasteiger partial charge is 0.255 e. The third-order valence-electron chi connectivity index (χ3n) is 6.87. The van der Waals surface area contributed by atoms with Gasteiger partial charge in [0.25, 0.3) is 5.91 Å². The number of rotatable bonds is 5. The lowest BCUT2D eigenvalue weighted by Gasteiger charge is -2.32. The van der Waals surface area contributed by atoms with Crippen molar-refractivity contribution < 1.29 is 13.2 Å². The number of anilines is 2. The van der Waals surface area contributed by atoms with Gasteiger partial charge in [-0.05, 0) is 69.3 Å². The van der Waals surface area contributed by atoms with Gasteiger partial charge in [0.2, 0.25) is 10.0 Å². The van der Waals surface area contributed by atoms with E-state index in [1.54, 1.807) is 27.8 Å². The van der Waals surface area contributed by atoms with Crippen molar-refractivity contribution in [2.24, 2.45) is 0 Å². The molecule has 2 saturated heterocycles. The highest BCUT2D eigenvalue weighted by atomic mass is 32.2. The molecule has 3 heterocycles. The van der Waals surface area contributed by atoms with Crippen LogP contribution in [0, 0.1) is 0 Å². The molecular weight excluding hydrogens is 482 g/mol. The van der Waals surface area contributed by atoms with Crippen LogP contribution in [-0.4, -0.2) is 74.3 Å². The predicted octanol–water partition coefficient (Wildman–Crippen LogP) is 3.86. The van der Waals surface area contributed by atoms with Crippen LogP contribution < -0.4 is 10.2 Å². The number of nitrogens with zero attached hydrogens (tertiary/aromatic N) is 4. The lowest BCUT2D eigenvalue weighted by molar-refractivity contribution is 0.102. The molecule has 1 unspecified atom stereocenters. The standard InChI is InChI=1S/C25H31N5O3S2/c1-18-5-3-4-12-30(18)35(32,33)21-9-6-19(7-10-21)24(31)26-20-8-11-22-23(17-20)34-25(27-22)29-15-13-28(2)14-16-29/h6-11,17-18H,3-5,12-16H2,1-2H3,(H,26,31). The van der Waals surface area contributed by atoms with E-state index in [9.17, 15) is 13.2 Å². The van der Waals surface area contributed by atoms with E-state index in [0.717, 1.165) is 60.8 Å². The third kappa shape index (κ3) is 5.06. The first kappa shape index (κ1) is 24.2. The van der Waals surface area contributed by atoms with E-state index in [1.165, 1.54) is 12.1 Å². The van der Waals surface area contributed by atoms with Crippen LogP contribution in [0.5, 0.6) is 0 Å². The van der Waals surface area contributed by atoms with Gasteiger partial charge in [0, 0.05) is 50.0 Å². The molecule has 3 aromatic rings. The summed E-state index contributed by atoms with van der Waals surface area (Å²) in [5, 5.41) is 3.94. The molecule has 2 aliphatic rings. The Morgan fingerprint density at radius 1 is 1.03 bits per heavy atom. The molecule has 0 radical (unpaired) electrons.